The van der Waals surface area contributed by atoms with Gasteiger partial charge in [0.1, 0.15) is 18.0 Å². The highest BCUT2D eigenvalue weighted by Crippen LogP contribution is 2.40. The van der Waals surface area contributed by atoms with E-state index in [0.717, 1.165) is 44.2 Å². The minimum atomic E-state index is -1.02. The predicted octanol–water partition coefficient (Wildman–Crippen LogP) is 6.45. The second-order valence-electron chi connectivity index (χ2n) is 10.2. The lowest BCUT2D eigenvalue weighted by Crippen LogP contribution is -2.14. The summed E-state index contributed by atoms with van der Waals surface area (Å²) in [4.78, 5) is 24.3. The molecule has 0 radical (unpaired) electrons. The summed E-state index contributed by atoms with van der Waals surface area (Å²) in [7, 11) is 0. The zero-order valence-electron chi connectivity index (χ0n) is 21.6. The Morgan fingerprint density at radius 2 is 1.79 bits per heavy atom. The van der Waals surface area contributed by atoms with Crippen LogP contribution in [0, 0.1) is 12.7 Å². The molecule has 0 saturated carbocycles. The number of aromatic amines is 1. The van der Waals surface area contributed by atoms with Crippen LogP contribution in [0.25, 0.3) is 43.8 Å². The molecule has 5 N–H and O–H groups in total. The molecule has 0 saturated heterocycles. The van der Waals surface area contributed by atoms with E-state index in [1.54, 1.807) is 26.0 Å². The Labute approximate surface area is 223 Å². The number of carbonyl (C=O) groups is 1. The van der Waals surface area contributed by atoms with Crippen LogP contribution in [0.2, 0.25) is 0 Å². The first kappa shape index (κ1) is 24.5. The molecule has 0 aliphatic rings. The maximum Gasteiger partial charge on any atom is 0.250 e. The predicted molar refractivity (Wildman–Crippen MR) is 153 cm³/mol. The number of primary amides is 1. The van der Waals surface area contributed by atoms with E-state index in [1.165, 1.54) is 18.5 Å². The number of aromatic nitrogens is 3. The van der Waals surface area contributed by atoms with E-state index in [9.17, 15) is 14.3 Å². The molecule has 1 amide bonds. The topological polar surface area (TPSA) is 117 Å². The molecule has 8 heteroatoms. The van der Waals surface area contributed by atoms with Gasteiger partial charge < -0.3 is 21.1 Å². The Morgan fingerprint density at radius 3 is 2.56 bits per heavy atom. The van der Waals surface area contributed by atoms with Crippen molar-refractivity contribution in [1.82, 2.24) is 15.0 Å². The third-order valence-electron chi connectivity index (χ3n) is 7.20. The van der Waals surface area contributed by atoms with Gasteiger partial charge in [0.25, 0.3) is 5.91 Å². The summed E-state index contributed by atoms with van der Waals surface area (Å²) in [5, 5.41) is 16.4. The van der Waals surface area contributed by atoms with Gasteiger partial charge in [-0.3, -0.25) is 4.79 Å². The third kappa shape index (κ3) is 4.15. The summed E-state index contributed by atoms with van der Waals surface area (Å²) in [6, 6.07) is 19.7. The normalized spacial score (nSPS) is 11.9. The molecule has 0 aliphatic carbocycles. The Balaban J connectivity index is 1.54. The molecule has 194 valence electrons. The molecule has 7 nitrogen and oxygen atoms in total. The van der Waals surface area contributed by atoms with Gasteiger partial charge in [-0.05, 0) is 73.4 Å². The molecule has 2 heterocycles. The molecule has 0 atom stereocenters. The van der Waals surface area contributed by atoms with Gasteiger partial charge in [-0.2, -0.15) is 0 Å². The number of halogens is 1. The van der Waals surface area contributed by atoms with Crippen molar-refractivity contribution in [3.8, 4) is 11.1 Å². The Kier molecular flexibility index (Phi) is 5.59. The highest BCUT2D eigenvalue weighted by Gasteiger charge is 2.21. The zero-order valence-corrected chi connectivity index (χ0v) is 21.6. The molecule has 0 spiro atoms. The average Bonchev–Trinajstić information content (AvgIpc) is 3.28. The number of fused-ring (bicyclic) bond motifs is 4. The van der Waals surface area contributed by atoms with Crippen molar-refractivity contribution in [3.05, 3.63) is 95.6 Å². The number of nitrogens with one attached hydrogen (secondary N) is 2. The van der Waals surface area contributed by atoms with Crippen LogP contribution in [0.5, 0.6) is 0 Å². The van der Waals surface area contributed by atoms with Crippen molar-refractivity contribution < 1.29 is 14.3 Å². The number of carbonyl (C=O) groups excluding carboxylic acids is 1. The molecule has 0 fully saturated rings. The Morgan fingerprint density at radius 1 is 1.00 bits per heavy atom. The van der Waals surface area contributed by atoms with Crippen LogP contribution in [0.1, 0.15) is 35.3 Å². The second kappa shape index (κ2) is 8.89. The van der Waals surface area contributed by atoms with Crippen LogP contribution in [0.15, 0.2) is 73.1 Å². The Hall–Kier alpha value is -4.82. The number of rotatable bonds is 5. The highest BCUT2D eigenvalue weighted by atomic mass is 19.1. The largest absolute Gasteiger partial charge is 0.386 e. The van der Waals surface area contributed by atoms with Crippen molar-refractivity contribution in [3.63, 3.8) is 0 Å². The van der Waals surface area contributed by atoms with E-state index >= 15 is 0 Å². The number of anilines is 2. The maximum absolute atomic E-state index is 13.7. The molecular weight excluding hydrogens is 493 g/mol. The quantitative estimate of drug-likeness (QED) is 0.209. The molecule has 4 aromatic carbocycles. The smallest absolute Gasteiger partial charge is 0.250 e. The molecule has 2 aromatic heterocycles. The van der Waals surface area contributed by atoms with Crippen molar-refractivity contribution >= 4 is 50.1 Å². The van der Waals surface area contributed by atoms with Gasteiger partial charge in [0.05, 0.1) is 22.2 Å². The summed E-state index contributed by atoms with van der Waals surface area (Å²) in [6.45, 7) is 5.47. The van der Waals surface area contributed by atoms with Gasteiger partial charge >= 0.3 is 0 Å². The lowest BCUT2D eigenvalue weighted by Gasteiger charge is -2.17. The SMILES string of the molecule is Cc1c(Nc2ncnc3cc(F)ccc23)cccc1-c1ccc(C(N)=O)c2[nH]c3cc(C(C)(C)O)ccc3c12. The first-order valence-corrected chi connectivity index (χ1v) is 12.5. The zero-order chi connectivity index (χ0) is 27.5. The number of amides is 1. The van der Waals surface area contributed by atoms with Crippen molar-refractivity contribution in [1.29, 1.82) is 0 Å². The number of H-pyrrole nitrogens is 1. The fourth-order valence-corrected chi connectivity index (χ4v) is 5.14. The van der Waals surface area contributed by atoms with Crippen molar-refractivity contribution in [2.75, 3.05) is 5.32 Å². The summed E-state index contributed by atoms with van der Waals surface area (Å²) in [5.74, 6) is -0.317. The van der Waals surface area contributed by atoms with Crippen LogP contribution in [-0.2, 0) is 5.60 Å². The first-order valence-electron chi connectivity index (χ1n) is 12.5. The number of benzene rings is 4. The Bertz CT molecular complexity index is 1940. The monoisotopic (exact) mass is 519 g/mol. The van der Waals surface area contributed by atoms with Crippen LogP contribution < -0.4 is 11.1 Å². The summed E-state index contributed by atoms with van der Waals surface area (Å²) >= 11 is 0. The summed E-state index contributed by atoms with van der Waals surface area (Å²) in [6.07, 6.45) is 1.41. The van der Waals surface area contributed by atoms with Gasteiger partial charge in [0.2, 0.25) is 0 Å². The van der Waals surface area contributed by atoms with Gasteiger partial charge in [-0.1, -0.05) is 30.3 Å². The lowest BCUT2D eigenvalue weighted by molar-refractivity contribution is 0.0787. The molecule has 6 rings (SSSR count). The van der Waals surface area contributed by atoms with Gasteiger partial charge in [0.15, 0.2) is 0 Å². The lowest BCUT2D eigenvalue weighted by atomic mass is 9.92. The van der Waals surface area contributed by atoms with Crippen LogP contribution in [0.4, 0.5) is 15.9 Å². The third-order valence-corrected chi connectivity index (χ3v) is 7.20. The van der Waals surface area contributed by atoms with E-state index in [1.807, 2.05) is 49.4 Å². The van der Waals surface area contributed by atoms with Crippen molar-refractivity contribution in [2.24, 2.45) is 5.73 Å². The van der Waals surface area contributed by atoms with E-state index in [-0.39, 0.29) is 5.82 Å². The maximum atomic E-state index is 13.7. The minimum absolute atomic E-state index is 0.359. The van der Waals surface area contributed by atoms with E-state index in [4.69, 9.17) is 5.73 Å². The number of nitrogens with zero attached hydrogens (tertiary/aromatic N) is 2. The summed E-state index contributed by atoms with van der Waals surface area (Å²) < 4.78 is 13.7. The van der Waals surface area contributed by atoms with Crippen LogP contribution in [0.3, 0.4) is 0 Å². The molecule has 0 unspecified atom stereocenters. The fourth-order valence-electron chi connectivity index (χ4n) is 5.14. The molecule has 6 aromatic rings. The molecule has 0 aliphatic heterocycles. The van der Waals surface area contributed by atoms with E-state index < -0.39 is 11.5 Å². The number of hydrogen-bond acceptors (Lipinski definition) is 5. The first-order chi connectivity index (χ1) is 18.6. The standard InChI is InChI=1S/C31H26FN5O2/c1-16-19(5-4-6-24(16)37-30-22-10-8-18(32)14-25(22)34-15-35-30)20-11-12-23(29(33)38)28-27(20)21-9-7-17(31(2,3)39)13-26(21)36-28/h4-15,36,39H,1-3H3,(H2,33,38)(H,34,35,37). The van der Waals surface area contributed by atoms with Crippen molar-refractivity contribution in [2.45, 2.75) is 26.4 Å². The van der Waals surface area contributed by atoms with Crippen LogP contribution >= 0.6 is 0 Å². The number of hydrogen-bond donors (Lipinski definition) is 4. The number of nitrogens with two attached hydrogens (primary N) is 1. The molecule has 39 heavy (non-hydrogen) atoms. The minimum Gasteiger partial charge on any atom is -0.386 e. The van der Waals surface area contributed by atoms with Gasteiger partial charge in [-0.25, -0.2) is 14.4 Å². The highest BCUT2D eigenvalue weighted by molar-refractivity contribution is 6.20. The van der Waals surface area contributed by atoms with Crippen LogP contribution in [-0.4, -0.2) is 26.0 Å². The van der Waals surface area contributed by atoms with E-state index in [0.29, 0.717) is 27.8 Å². The van der Waals surface area contributed by atoms with Gasteiger partial charge in [0, 0.05) is 33.4 Å². The second-order valence-corrected chi connectivity index (χ2v) is 10.2. The molecular formula is C31H26FN5O2. The molecule has 0 bridgehead atoms. The average molecular weight is 520 g/mol. The van der Waals surface area contributed by atoms with E-state index in [2.05, 4.69) is 20.3 Å². The number of aliphatic hydroxyl groups is 1. The summed E-state index contributed by atoms with van der Waals surface area (Å²) in [5.41, 5.74) is 11.5. The fraction of sp³-hybridized carbons (Fsp3) is 0.129. The van der Waals surface area contributed by atoms with Gasteiger partial charge in [-0.15, -0.1) is 0 Å².